The van der Waals surface area contributed by atoms with Crippen molar-refractivity contribution in [2.45, 2.75) is 58.5 Å². The van der Waals surface area contributed by atoms with Crippen LogP contribution in [0.1, 0.15) is 42.5 Å². The molecule has 8 heteroatoms. The molecule has 3 rings (SSSR count). The smallest absolute Gasteiger partial charge is 0.264 e. The van der Waals surface area contributed by atoms with Crippen LogP contribution in [0.15, 0.2) is 77.7 Å². The predicted octanol–water partition coefficient (Wildman–Crippen LogP) is 4.75. The van der Waals surface area contributed by atoms with Gasteiger partial charge in [-0.3, -0.25) is 13.9 Å². The van der Waals surface area contributed by atoms with E-state index in [4.69, 9.17) is 0 Å². The average molecular weight is 536 g/mol. The van der Waals surface area contributed by atoms with Crippen LogP contribution in [0.3, 0.4) is 0 Å². The summed E-state index contributed by atoms with van der Waals surface area (Å²) in [6.07, 6.45) is 0.764. The van der Waals surface area contributed by atoms with Gasteiger partial charge in [-0.25, -0.2) is 8.42 Å². The van der Waals surface area contributed by atoms with E-state index in [0.29, 0.717) is 12.2 Å². The van der Waals surface area contributed by atoms with E-state index in [1.54, 1.807) is 43.3 Å². The summed E-state index contributed by atoms with van der Waals surface area (Å²) in [6.45, 7) is 9.59. The van der Waals surface area contributed by atoms with Crippen LogP contribution in [0.4, 0.5) is 5.69 Å². The number of hydrogen-bond acceptors (Lipinski definition) is 4. The van der Waals surface area contributed by atoms with Gasteiger partial charge >= 0.3 is 0 Å². The summed E-state index contributed by atoms with van der Waals surface area (Å²) < 4.78 is 28.7. The molecule has 0 aliphatic heterocycles. The molecule has 0 saturated carbocycles. The lowest BCUT2D eigenvalue weighted by Crippen LogP contribution is -2.51. The molecule has 0 heterocycles. The van der Waals surface area contributed by atoms with Crippen molar-refractivity contribution in [3.8, 4) is 0 Å². The molecular weight excluding hydrogens is 498 g/mol. The van der Waals surface area contributed by atoms with Crippen molar-refractivity contribution in [1.29, 1.82) is 0 Å². The Morgan fingerprint density at radius 1 is 0.868 bits per heavy atom. The van der Waals surface area contributed by atoms with E-state index in [0.717, 1.165) is 33.0 Å². The lowest BCUT2D eigenvalue weighted by atomic mass is 10.1. The standard InChI is InChI=1S/C30H37N3O4S/c1-6-18-31-30(35)25(5)32(20-26-9-7-8-24(4)19-26)29(34)21-33(27-14-10-22(2)11-15-27)38(36,37)28-16-12-23(3)13-17-28/h7-17,19,25H,6,18,20-21H2,1-5H3,(H,31,35). The molecule has 0 aliphatic carbocycles. The van der Waals surface area contributed by atoms with Gasteiger partial charge in [-0.15, -0.1) is 0 Å². The summed E-state index contributed by atoms with van der Waals surface area (Å²) in [4.78, 5) is 28.3. The third kappa shape index (κ3) is 7.22. The van der Waals surface area contributed by atoms with Gasteiger partial charge < -0.3 is 10.2 Å². The number of nitrogens with zero attached hydrogens (tertiary/aromatic N) is 2. The Balaban J connectivity index is 2.01. The van der Waals surface area contributed by atoms with Crippen LogP contribution < -0.4 is 9.62 Å². The Kier molecular flexibility index (Phi) is 9.69. The summed E-state index contributed by atoms with van der Waals surface area (Å²) in [5, 5.41) is 2.85. The predicted molar refractivity (Wildman–Crippen MR) is 151 cm³/mol. The lowest BCUT2D eigenvalue weighted by Gasteiger charge is -2.32. The molecular formula is C30H37N3O4S. The van der Waals surface area contributed by atoms with Crippen molar-refractivity contribution < 1.29 is 18.0 Å². The fourth-order valence-electron chi connectivity index (χ4n) is 4.06. The average Bonchev–Trinajstić information content (AvgIpc) is 2.89. The van der Waals surface area contributed by atoms with Crippen molar-refractivity contribution in [3.63, 3.8) is 0 Å². The zero-order valence-corrected chi connectivity index (χ0v) is 23.6. The number of aryl methyl sites for hydroxylation is 3. The molecule has 0 fully saturated rings. The van der Waals surface area contributed by atoms with Crippen LogP contribution in [-0.2, 0) is 26.2 Å². The zero-order valence-electron chi connectivity index (χ0n) is 22.8. The van der Waals surface area contributed by atoms with Gasteiger partial charge in [-0.2, -0.15) is 0 Å². The second-order valence-corrected chi connectivity index (χ2v) is 11.5. The number of sulfonamides is 1. The van der Waals surface area contributed by atoms with Gasteiger partial charge in [0, 0.05) is 13.1 Å². The molecule has 1 atom stereocenters. The van der Waals surface area contributed by atoms with Crippen molar-refractivity contribution in [1.82, 2.24) is 10.2 Å². The quantitative estimate of drug-likeness (QED) is 0.384. The summed E-state index contributed by atoms with van der Waals surface area (Å²) in [5.74, 6) is -0.752. The first-order valence-corrected chi connectivity index (χ1v) is 14.3. The number of amides is 2. The van der Waals surface area contributed by atoms with Crippen molar-refractivity contribution in [2.24, 2.45) is 0 Å². The maximum atomic E-state index is 13.9. The molecule has 1 N–H and O–H groups in total. The third-order valence-electron chi connectivity index (χ3n) is 6.36. The van der Waals surface area contributed by atoms with Crippen LogP contribution in [0.25, 0.3) is 0 Å². The maximum Gasteiger partial charge on any atom is 0.264 e. The molecule has 0 aromatic heterocycles. The number of nitrogens with one attached hydrogen (secondary N) is 1. The van der Waals surface area contributed by atoms with Crippen molar-refractivity contribution >= 4 is 27.5 Å². The van der Waals surface area contributed by atoms with Gasteiger partial charge in [0.1, 0.15) is 12.6 Å². The van der Waals surface area contributed by atoms with Gasteiger partial charge in [-0.1, -0.05) is 72.1 Å². The van der Waals surface area contributed by atoms with Crippen LogP contribution in [0.5, 0.6) is 0 Å². The summed E-state index contributed by atoms with van der Waals surface area (Å²) in [5.41, 5.74) is 4.16. The first-order chi connectivity index (χ1) is 18.0. The fourth-order valence-corrected chi connectivity index (χ4v) is 5.48. The monoisotopic (exact) mass is 535 g/mol. The maximum absolute atomic E-state index is 13.9. The third-order valence-corrected chi connectivity index (χ3v) is 8.15. The highest BCUT2D eigenvalue weighted by molar-refractivity contribution is 7.92. The molecule has 3 aromatic rings. The Morgan fingerprint density at radius 3 is 2.05 bits per heavy atom. The van der Waals surface area contributed by atoms with E-state index >= 15 is 0 Å². The number of carbonyl (C=O) groups excluding carboxylic acids is 2. The Hall–Kier alpha value is -3.65. The highest BCUT2D eigenvalue weighted by Crippen LogP contribution is 2.25. The van der Waals surface area contributed by atoms with Crippen molar-refractivity contribution in [3.05, 3.63) is 95.1 Å². The molecule has 2 amide bonds. The van der Waals surface area contributed by atoms with Gasteiger partial charge in [0.25, 0.3) is 10.0 Å². The molecule has 0 aliphatic rings. The van der Waals surface area contributed by atoms with Crippen LogP contribution in [0.2, 0.25) is 0 Å². The zero-order chi connectivity index (χ0) is 27.9. The van der Waals surface area contributed by atoms with Gasteiger partial charge in [0.2, 0.25) is 11.8 Å². The SMILES string of the molecule is CCCNC(=O)C(C)N(Cc1cccc(C)c1)C(=O)CN(c1ccc(C)cc1)S(=O)(=O)c1ccc(C)cc1. The van der Waals surface area contributed by atoms with E-state index in [1.165, 1.54) is 4.90 Å². The first-order valence-electron chi connectivity index (χ1n) is 12.8. The molecule has 7 nitrogen and oxygen atoms in total. The highest BCUT2D eigenvalue weighted by atomic mass is 32.2. The summed E-state index contributed by atoms with van der Waals surface area (Å²) >= 11 is 0. The molecule has 38 heavy (non-hydrogen) atoms. The Morgan fingerprint density at radius 2 is 1.47 bits per heavy atom. The molecule has 3 aromatic carbocycles. The number of anilines is 1. The summed E-state index contributed by atoms with van der Waals surface area (Å²) in [7, 11) is -4.07. The number of hydrogen-bond donors (Lipinski definition) is 1. The van der Waals surface area contributed by atoms with Gasteiger partial charge in [-0.05, 0) is 63.9 Å². The normalized spacial score (nSPS) is 12.0. The molecule has 0 bridgehead atoms. The van der Waals surface area contributed by atoms with E-state index < -0.39 is 28.5 Å². The molecule has 1 unspecified atom stereocenters. The highest BCUT2D eigenvalue weighted by Gasteiger charge is 2.32. The minimum Gasteiger partial charge on any atom is -0.354 e. The van der Waals surface area contributed by atoms with E-state index in [1.807, 2.05) is 64.1 Å². The molecule has 0 spiro atoms. The van der Waals surface area contributed by atoms with Crippen LogP contribution >= 0.6 is 0 Å². The minimum absolute atomic E-state index is 0.0930. The lowest BCUT2D eigenvalue weighted by molar-refractivity contribution is -0.139. The topological polar surface area (TPSA) is 86.8 Å². The molecule has 202 valence electrons. The first kappa shape index (κ1) is 28.9. The van der Waals surface area contributed by atoms with Crippen LogP contribution in [0, 0.1) is 20.8 Å². The van der Waals surface area contributed by atoms with E-state index in [-0.39, 0.29) is 17.3 Å². The molecule has 0 radical (unpaired) electrons. The van der Waals surface area contributed by atoms with Crippen LogP contribution in [-0.4, -0.2) is 44.3 Å². The van der Waals surface area contributed by atoms with E-state index in [9.17, 15) is 18.0 Å². The minimum atomic E-state index is -4.07. The number of rotatable bonds is 11. The second-order valence-electron chi connectivity index (χ2n) is 9.64. The number of benzene rings is 3. The van der Waals surface area contributed by atoms with Gasteiger partial charge in [0.05, 0.1) is 10.6 Å². The number of carbonyl (C=O) groups is 2. The Labute approximate surface area is 226 Å². The second kappa shape index (κ2) is 12.7. The summed E-state index contributed by atoms with van der Waals surface area (Å²) in [6, 6.07) is 20.5. The molecule has 0 saturated heterocycles. The fraction of sp³-hybridized carbons (Fsp3) is 0.333. The van der Waals surface area contributed by atoms with Gasteiger partial charge in [0.15, 0.2) is 0 Å². The van der Waals surface area contributed by atoms with E-state index in [2.05, 4.69) is 5.32 Å². The largest absolute Gasteiger partial charge is 0.354 e. The Bertz CT molecular complexity index is 1350. The van der Waals surface area contributed by atoms with Crippen molar-refractivity contribution in [2.75, 3.05) is 17.4 Å².